The molecule has 0 bridgehead atoms. The summed E-state index contributed by atoms with van der Waals surface area (Å²) in [7, 11) is 0. The molecule has 1 fully saturated rings. The van der Waals surface area contributed by atoms with E-state index >= 15 is 0 Å². The number of carbonyl (C=O) groups excluding carboxylic acids is 1. The third-order valence-electron chi connectivity index (χ3n) is 4.73. The number of rotatable bonds is 2. The van der Waals surface area contributed by atoms with Gasteiger partial charge in [-0.2, -0.15) is 13.2 Å². The molecule has 2 heterocycles. The van der Waals surface area contributed by atoms with Crippen LogP contribution in [0, 0.1) is 12.3 Å². The summed E-state index contributed by atoms with van der Waals surface area (Å²) in [6, 6.07) is 3.36. The Morgan fingerprint density at radius 2 is 2.08 bits per heavy atom. The summed E-state index contributed by atoms with van der Waals surface area (Å²) in [5.41, 5.74) is 4.56. The van der Waals surface area contributed by atoms with E-state index in [1.165, 1.54) is 6.07 Å². The highest BCUT2D eigenvalue weighted by Gasteiger charge is 2.49. The van der Waals surface area contributed by atoms with Gasteiger partial charge in [-0.3, -0.25) is 9.69 Å². The second-order valence-corrected chi connectivity index (χ2v) is 6.17. The SMILES string of the molecule is C#CCN1CCC2(CC1)OC(C(N)=O)c1ccc(C(F)(F)F)cc12. The van der Waals surface area contributed by atoms with Gasteiger partial charge in [0.25, 0.3) is 5.91 Å². The smallest absolute Gasteiger partial charge is 0.367 e. The van der Waals surface area contributed by atoms with Gasteiger partial charge in [0.1, 0.15) is 0 Å². The maximum atomic E-state index is 13.1. The quantitative estimate of drug-likeness (QED) is 0.841. The number of halogens is 3. The second-order valence-electron chi connectivity index (χ2n) is 6.17. The van der Waals surface area contributed by atoms with Gasteiger partial charge in [-0.25, -0.2) is 0 Å². The molecule has 2 aliphatic heterocycles. The van der Waals surface area contributed by atoms with Crippen molar-refractivity contribution in [2.75, 3.05) is 19.6 Å². The summed E-state index contributed by atoms with van der Waals surface area (Å²) in [5, 5.41) is 0. The topological polar surface area (TPSA) is 55.6 Å². The number of amides is 1. The third-order valence-corrected chi connectivity index (χ3v) is 4.73. The summed E-state index contributed by atoms with van der Waals surface area (Å²) >= 11 is 0. The summed E-state index contributed by atoms with van der Waals surface area (Å²) < 4.78 is 45.1. The monoisotopic (exact) mass is 338 g/mol. The van der Waals surface area contributed by atoms with E-state index in [2.05, 4.69) is 5.92 Å². The molecule has 1 aromatic rings. The predicted molar refractivity (Wildman–Crippen MR) is 80.6 cm³/mol. The number of fused-ring (bicyclic) bond motifs is 2. The summed E-state index contributed by atoms with van der Waals surface area (Å²) in [4.78, 5) is 13.7. The highest BCUT2D eigenvalue weighted by molar-refractivity contribution is 5.82. The zero-order chi connectivity index (χ0) is 17.5. The number of primary amides is 1. The minimum absolute atomic E-state index is 0.418. The number of nitrogens with two attached hydrogens (primary N) is 1. The minimum Gasteiger partial charge on any atom is -0.367 e. The fourth-order valence-electron chi connectivity index (χ4n) is 3.51. The van der Waals surface area contributed by atoms with Gasteiger partial charge in [-0.05, 0) is 36.1 Å². The summed E-state index contributed by atoms with van der Waals surface area (Å²) in [6.45, 7) is 1.65. The van der Waals surface area contributed by atoms with Crippen molar-refractivity contribution in [1.29, 1.82) is 0 Å². The van der Waals surface area contributed by atoms with E-state index in [1.807, 2.05) is 4.90 Å². The van der Waals surface area contributed by atoms with Gasteiger partial charge in [0.2, 0.25) is 0 Å². The molecule has 4 nitrogen and oxygen atoms in total. The molecular weight excluding hydrogens is 321 g/mol. The Bertz CT molecular complexity index is 701. The maximum absolute atomic E-state index is 13.1. The average Bonchev–Trinajstić information content (AvgIpc) is 2.84. The van der Waals surface area contributed by atoms with Crippen LogP contribution in [0.4, 0.5) is 13.2 Å². The van der Waals surface area contributed by atoms with E-state index in [1.54, 1.807) is 0 Å². The van der Waals surface area contributed by atoms with Crippen LogP contribution in [0.5, 0.6) is 0 Å². The molecule has 1 unspecified atom stereocenters. The molecule has 1 aromatic carbocycles. The van der Waals surface area contributed by atoms with Crippen LogP contribution < -0.4 is 5.73 Å². The zero-order valence-electron chi connectivity index (χ0n) is 12.9. The van der Waals surface area contributed by atoms with Crippen LogP contribution in [0.1, 0.15) is 35.6 Å². The van der Waals surface area contributed by atoms with Crippen LogP contribution in [0.15, 0.2) is 18.2 Å². The molecule has 2 N–H and O–H groups in total. The van der Waals surface area contributed by atoms with Gasteiger partial charge in [0.05, 0.1) is 17.7 Å². The van der Waals surface area contributed by atoms with Crippen molar-refractivity contribution in [2.24, 2.45) is 5.73 Å². The van der Waals surface area contributed by atoms with E-state index in [9.17, 15) is 18.0 Å². The molecule has 3 rings (SSSR count). The Morgan fingerprint density at radius 3 is 2.62 bits per heavy atom. The van der Waals surface area contributed by atoms with Gasteiger partial charge >= 0.3 is 6.18 Å². The average molecular weight is 338 g/mol. The first kappa shape index (κ1) is 16.8. The molecular formula is C17H17F3N2O2. The molecule has 1 amide bonds. The molecule has 0 aromatic heterocycles. The number of alkyl halides is 3. The Labute approximate surface area is 137 Å². The number of carbonyl (C=O) groups is 1. The number of piperidine rings is 1. The Hall–Kier alpha value is -2.04. The third kappa shape index (κ3) is 2.76. The van der Waals surface area contributed by atoms with E-state index < -0.39 is 29.4 Å². The molecule has 1 atom stereocenters. The van der Waals surface area contributed by atoms with Crippen LogP contribution in [0.2, 0.25) is 0 Å². The van der Waals surface area contributed by atoms with Crippen LogP contribution >= 0.6 is 0 Å². The van der Waals surface area contributed by atoms with Crippen molar-refractivity contribution >= 4 is 5.91 Å². The molecule has 24 heavy (non-hydrogen) atoms. The van der Waals surface area contributed by atoms with Crippen LogP contribution in [0.25, 0.3) is 0 Å². The van der Waals surface area contributed by atoms with Crippen molar-refractivity contribution in [3.8, 4) is 12.3 Å². The Morgan fingerprint density at radius 1 is 1.42 bits per heavy atom. The van der Waals surface area contributed by atoms with Gasteiger partial charge in [-0.1, -0.05) is 12.0 Å². The molecule has 7 heteroatoms. The fourth-order valence-corrected chi connectivity index (χ4v) is 3.51. The fraction of sp³-hybridized carbons (Fsp3) is 0.471. The Balaban J connectivity index is 2.00. The first-order chi connectivity index (χ1) is 11.3. The zero-order valence-corrected chi connectivity index (χ0v) is 12.9. The lowest BCUT2D eigenvalue weighted by molar-refractivity contribution is -0.148. The maximum Gasteiger partial charge on any atom is 0.416 e. The first-order valence-electron chi connectivity index (χ1n) is 7.61. The standard InChI is InChI=1S/C17H17F3N2O2/c1-2-7-22-8-5-16(6-9-22)13-10-11(17(18,19)20)3-4-12(13)14(24-16)15(21)23/h1,3-4,10,14H,5-9H2,(H2,21,23). The van der Waals surface area contributed by atoms with Gasteiger partial charge in [0.15, 0.2) is 6.10 Å². The van der Waals surface area contributed by atoms with Crippen molar-refractivity contribution in [2.45, 2.75) is 30.7 Å². The lowest BCUT2D eigenvalue weighted by Crippen LogP contribution is -2.43. The number of benzene rings is 1. The lowest BCUT2D eigenvalue weighted by Gasteiger charge is -2.39. The Kier molecular flexibility index (Phi) is 4.06. The highest BCUT2D eigenvalue weighted by Crippen LogP contribution is 2.50. The number of terminal acetylenes is 1. The molecule has 0 saturated carbocycles. The second kappa shape index (κ2) is 5.80. The molecule has 128 valence electrons. The van der Waals surface area contributed by atoms with Gasteiger partial charge in [0, 0.05) is 13.1 Å². The number of hydrogen-bond acceptors (Lipinski definition) is 3. The molecule has 0 radical (unpaired) electrons. The summed E-state index contributed by atoms with van der Waals surface area (Å²) in [5.74, 6) is 1.86. The number of likely N-dealkylation sites (tertiary alicyclic amines) is 1. The highest BCUT2D eigenvalue weighted by atomic mass is 19.4. The number of ether oxygens (including phenoxy) is 1. The van der Waals surface area contributed by atoms with Gasteiger partial charge < -0.3 is 10.5 Å². The van der Waals surface area contributed by atoms with Crippen molar-refractivity contribution in [3.63, 3.8) is 0 Å². The lowest BCUT2D eigenvalue weighted by atomic mass is 9.82. The summed E-state index contributed by atoms with van der Waals surface area (Å²) in [6.07, 6.45) is 0.766. The van der Waals surface area contributed by atoms with Crippen LogP contribution in [-0.4, -0.2) is 30.4 Å². The van der Waals surface area contributed by atoms with Gasteiger partial charge in [-0.15, -0.1) is 6.42 Å². The number of hydrogen-bond donors (Lipinski definition) is 1. The molecule has 0 aliphatic carbocycles. The minimum atomic E-state index is -4.45. The van der Waals surface area contributed by atoms with Crippen LogP contribution in [0.3, 0.4) is 0 Å². The van der Waals surface area contributed by atoms with E-state index in [0.717, 1.165) is 12.1 Å². The first-order valence-corrected chi connectivity index (χ1v) is 7.61. The molecule has 2 aliphatic rings. The van der Waals surface area contributed by atoms with E-state index in [0.29, 0.717) is 43.6 Å². The van der Waals surface area contributed by atoms with Crippen molar-refractivity contribution in [1.82, 2.24) is 4.90 Å². The predicted octanol–water partition coefficient (Wildman–Crippen LogP) is 2.19. The normalized spacial score (nSPS) is 23.0. The van der Waals surface area contributed by atoms with Crippen molar-refractivity contribution < 1.29 is 22.7 Å². The van der Waals surface area contributed by atoms with E-state index in [-0.39, 0.29) is 0 Å². The largest absolute Gasteiger partial charge is 0.416 e. The number of nitrogens with zero attached hydrogens (tertiary/aromatic N) is 1. The molecule has 1 saturated heterocycles. The molecule has 1 spiro atoms. The van der Waals surface area contributed by atoms with Crippen molar-refractivity contribution in [3.05, 3.63) is 34.9 Å². The van der Waals surface area contributed by atoms with Crippen LogP contribution in [-0.2, 0) is 21.3 Å². The van der Waals surface area contributed by atoms with E-state index in [4.69, 9.17) is 16.9 Å².